The zero-order chi connectivity index (χ0) is 15.4. The first kappa shape index (κ1) is 15.2. The molecule has 2 rings (SSSR count). The molecule has 4 heteroatoms. The van der Waals surface area contributed by atoms with Crippen LogP contribution in [-0.2, 0) is 6.54 Å². The maximum absolute atomic E-state index is 13.8. The number of nitrogens with one attached hydrogen (secondary N) is 1. The van der Waals surface area contributed by atoms with Crippen LogP contribution in [0.4, 0.5) is 4.39 Å². The summed E-state index contributed by atoms with van der Waals surface area (Å²) in [6.45, 7) is 4.39. The largest absolute Gasteiger partial charge is 0.366 e. The fraction of sp³-hybridized carbons (Fsp3) is 0.235. The van der Waals surface area contributed by atoms with Crippen molar-refractivity contribution in [3.63, 3.8) is 0 Å². The average Bonchev–Trinajstić information content (AvgIpc) is 2.45. The zero-order valence-corrected chi connectivity index (χ0v) is 12.2. The molecule has 110 valence electrons. The highest BCUT2D eigenvalue weighted by molar-refractivity contribution is 5.92. The lowest BCUT2D eigenvalue weighted by Crippen LogP contribution is -2.19. The van der Waals surface area contributed by atoms with Crippen molar-refractivity contribution in [2.45, 2.75) is 26.4 Å². The highest BCUT2D eigenvalue weighted by Gasteiger charge is 2.09. The van der Waals surface area contributed by atoms with Crippen LogP contribution in [0.1, 0.15) is 40.0 Å². The molecule has 0 heterocycles. The molecule has 3 N–H and O–H groups in total. The molecule has 0 saturated carbocycles. The zero-order valence-electron chi connectivity index (χ0n) is 12.2. The van der Waals surface area contributed by atoms with Crippen LogP contribution < -0.4 is 11.1 Å². The van der Waals surface area contributed by atoms with Crippen LogP contribution in [0.2, 0.25) is 0 Å². The first-order chi connectivity index (χ1) is 9.97. The van der Waals surface area contributed by atoms with Gasteiger partial charge in [-0.2, -0.15) is 0 Å². The topological polar surface area (TPSA) is 55.1 Å². The molecular weight excluding hydrogens is 267 g/mol. The summed E-state index contributed by atoms with van der Waals surface area (Å²) >= 11 is 0. The maximum atomic E-state index is 13.8. The van der Waals surface area contributed by atoms with E-state index in [1.165, 1.54) is 23.8 Å². The van der Waals surface area contributed by atoms with Gasteiger partial charge < -0.3 is 11.1 Å². The predicted molar refractivity (Wildman–Crippen MR) is 81.4 cm³/mol. The minimum absolute atomic E-state index is 0.0848. The predicted octanol–water partition coefficient (Wildman–Crippen LogP) is 3.08. The number of hydrogen-bond acceptors (Lipinski definition) is 2. The molecule has 0 bridgehead atoms. The molecule has 0 spiro atoms. The Labute approximate surface area is 124 Å². The van der Waals surface area contributed by atoms with Gasteiger partial charge in [0, 0.05) is 23.7 Å². The van der Waals surface area contributed by atoms with Crippen molar-refractivity contribution in [3.05, 3.63) is 70.5 Å². The SMILES string of the molecule is Cc1cccc([C@H](C)NCc2cc(C(N)=O)ccc2F)c1. The third-order valence-electron chi connectivity index (χ3n) is 3.47. The Hall–Kier alpha value is -2.20. The lowest BCUT2D eigenvalue weighted by Gasteiger charge is -2.15. The summed E-state index contributed by atoms with van der Waals surface area (Å²) in [4.78, 5) is 11.1. The van der Waals surface area contributed by atoms with Crippen molar-refractivity contribution < 1.29 is 9.18 Å². The Morgan fingerprint density at radius 3 is 2.71 bits per heavy atom. The summed E-state index contributed by atoms with van der Waals surface area (Å²) in [6, 6.07) is 12.4. The summed E-state index contributed by atoms with van der Waals surface area (Å²) in [5, 5.41) is 3.26. The number of carbonyl (C=O) groups excluding carboxylic acids is 1. The van der Waals surface area contributed by atoms with Crippen LogP contribution in [0.15, 0.2) is 42.5 Å². The third kappa shape index (κ3) is 3.89. The van der Waals surface area contributed by atoms with E-state index in [0.717, 1.165) is 5.56 Å². The molecule has 3 nitrogen and oxygen atoms in total. The molecule has 0 aromatic heterocycles. The first-order valence-corrected chi connectivity index (χ1v) is 6.85. The minimum Gasteiger partial charge on any atom is -0.366 e. The Morgan fingerprint density at radius 2 is 2.05 bits per heavy atom. The van der Waals surface area contributed by atoms with E-state index in [1.54, 1.807) is 0 Å². The molecule has 0 aliphatic carbocycles. The number of carbonyl (C=O) groups is 1. The molecule has 0 radical (unpaired) electrons. The minimum atomic E-state index is -0.553. The second kappa shape index (κ2) is 6.50. The number of benzene rings is 2. The van der Waals surface area contributed by atoms with Gasteiger partial charge in [0.2, 0.25) is 5.91 Å². The van der Waals surface area contributed by atoms with Gasteiger partial charge in [-0.25, -0.2) is 4.39 Å². The standard InChI is InChI=1S/C17H19FN2O/c1-11-4-3-5-13(8-11)12(2)20-10-15-9-14(17(19)21)6-7-16(15)18/h3-9,12,20H,10H2,1-2H3,(H2,19,21)/t12-/m0/s1. The van der Waals surface area contributed by atoms with Crippen LogP contribution in [0.25, 0.3) is 0 Å². The van der Waals surface area contributed by atoms with Crippen molar-refractivity contribution in [2.75, 3.05) is 0 Å². The van der Waals surface area contributed by atoms with Gasteiger partial charge in [-0.15, -0.1) is 0 Å². The van der Waals surface area contributed by atoms with E-state index in [9.17, 15) is 9.18 Å². The monoisotopic (exact) mass is 286 g/mol. The van der Waals surface area contributed by atoms with E-state index in [2.05, 4.69) is 11.4 Å². The van der Waals surface area contributed by atoms with Crippen LogP contribution >= 0.6 is 0 Å². The number of halogens is 1. The Morgan fingerprint density at radius 1 is 1.29 bits per heavy atom. The van der Waals surface area contributed by atoms with Gasteiger partial charge in [-0.05, 0) is 37.6 Å². The number of rotatable bonds is 5. The van der Waals surface area contributed by atoms with Gasteiger partial charge in [-0.3, -0.25) is 4.79 Å². The molecule has 21 heavy (non-hydrogen) atoms. The van der Waals surface area contributed by atoms with Gasteiger partial charge >= 0.3 is 0 Å². The molecule has 1 atom stereocenters. The van der Waals surface area contributed by atoms with Gasteiger partial charge in [0.15, 0.2) is 0 Å². The van der Waals surface area contributed by atoms with E-state index in [4.69, 9.17) is 5.73 Å². The summed E-state index contributed by atoms with van der Waals surface area (Å²) in [5.41, 5.74) is 8.29. The van der Waals surface area contributed by atoms with E-state index < -0.39 is 5.91 Å². The van der Waals surface area contributed by atoms with Crippen LogP contribution in [0.3, 0.4) is 0 Å². The highest BCUT2D eigenvalue weighted by atomic mass is 19.1. The normalized spacial score (nSPS) is 12.1. The van der Waals surface area contributed by atoms with E-state index in [-0.39, 0.29) is 11.9 Å². The Kier molecular flexibility index (Phi) is 4.70. The van der Waals surface area contributed by atoms with E-state index >= 15 is 0 Å². The fourth-order valence-electron chi connectivity index (χ4n) is 2.18. The lowest BCUT2D eigenvalue weighted by molar-refractivity contribution is 0.1000. The molecule has 0 saturated heterocycles. The van der Waals surface area contributed by atoms with Crippen molar-refractivity contribution in [1.82, 2.24) is 5.32 Å². The molecule has 2 aromatic carbocycles. The van der Waals surface area contributed by atoms with E-state index in [1.807, 2.05) is 32.0 Å². The quantitative estimate of drug-likeness (QED) is 0.887. The summed E-state index contributed by atoms with van der Waals surface area (Å²) in [7, 11) is 0. The number of hydrogen-bond donors (Lipinski definition) is 2. The van der Waals surface area contributed by atoms with Gasteiger partial charge in [0.05, 0.1) is 0 Å². The van der Waals surface area contributed by atoms with Crippen molar-refractivity contribution in [1.29, 1.82) is 0 Å². The van der Waals surface area contributed by atoms with Gasteiger partial charge in [0.1, 0.15) is 5.82 Å². The van der Waals surface area contributed by atoms with Crippen LogP contribution in [-0.4, -0.2) is 5.91 Å². The highest BCUT2D eigenvalue weighted by Crippen LogP contribution is 2.16. The Bertz CT molecular complexity index is 655. The van der Waals surface area contributed by atoms with Gasteiger partial charge in [-0.1, -0.05) is 29.8 Å². The molecule has 1 amide bonds. The van der Waals surface area contributed by atoms with Crippen molar-refractivity contribution in [2.24, 2.45) is 5.73 Å². The molecule has 0 aliphatic rings. The number of amides is 1. The maximum Gasteiger partial charge on any atom is 0.248 e. The van der Waals surface area contributed by atoms with Crippen molar-refractivity contribution >= 4 is 5.91 Å². The molecule has 2 aromatic rings. The third-order valence-corrected chi connectivity index (χ3v) is 3.47. The first-order valence-electron chi connectivity index (χ1n) is 6.85. The summed E-state index contributed by atoms with van der Waals surface area (Å²) in [5.74, 6) is -0.896. The number of nitrogens with two attached hydrogens (primary N) is 1. The van der Waals surface area contributed by atoms with Crippen LogP contribution in [0.5, 0.6) is 0 Å². The summed E-state index contributed by atoms with van der Waals surface area (Å²) in [6.07, 6.45) is 0. The van der Waals surface area contributed by atoms with Crippen LogP contribution in [0, 0.1) is 12.7 Å². The molecule has 0 fully saturated rings. The lowest BCUT2D eigenvalue weighted by atomic mass is 10.0. The fourth-order valence-corrected chi connectivity index (χ4v) is 2.18. The number of primary amides is 1. The molecule has 0 unspecified atom stereocenters. The van der Waals surface area contributed by atoms with Gasteiger partial charge in [0.25, 0.3) is 0 Å². The summed E-state index contributed by atoms with van der Waals surface area (Å²) < 4.78 is 13.8. The Balaban J connectivity index is 2.09. The average molecular weight is 286 g/mol. The molecule has 0 aliphatic heterocycles. The second-order valence-corrected chi connectivity index (χ2v) is 5.19. The van der Waals surface area contributed by atoms with Crippen molar-refractivity contribution in [3.8, 4) is 0 Å². The smallest absolute Gasteiger partial charge is 0.248 e. The molecular formula is C17H19FN2O. The van der Waals surface area contributed by atoms with E-state index in [0.29, 0.717) is 17.7 Å². The second-order valence-electron chi connectivity index (χ2n) is 5.19. The number of aryl methyl sites for hydroxylation is 1.